The molecule has 20 heavy (non-hydrogen) atoms. The van der Waals surface area contributed by atoms with Gasteiger partial charge in [0.05, 0.1) is 19.2 Å². The summed E-state index contributed by atoms with van der Waals surface area (Å²) in [6, 6.07) is 0. The minimum Gasteiger partial charge on any atom is -0.481 e. The number of hydrogen-bond acceptors (Lipinski definition) is 7. The Morgan fingerprint density at radius 1 is 1.40 bits per heavy atom. The lowest BCUT2D eigenvalue weighted by atomic mass is 10.1. The summed E-state index contributed by atoms with van der Waals surface area (Å²) in [6.45, 7) is 1.58. The second kappa shape index (κ2) is 5.19. The van der Waals surface area contributed by atoms with E-state index in [2.05, 4.69) is 20.0 Å². The van der Waals surface area contributed by atoms with Crippen molar-refractivity contribution in [3.63, 3.8) is 0 Å². The first kappa shape index (κ1) is 13.8. The average molecular weight is 280 g/mol. The van der Waals surface area contributed by atoms with Crippen molar-refractivity contribution >= 4 is 17.7 Å². The first-order valence-electron chi connectivity index (χ1n) is 5.79. The lowest BCUT2D eigenvalue weighted by molar-refractivity contribution is -0.141. The zero-order chi connectivity index (χ0) is 14.9. The van der Waals surface area contributed by atoms with Gasteiger partial charge < -0.3 is 9.84 Å². The number of carbonyl (C=O) groups is 2. The molecular weight excluding hydrogens is 268 g/mol. The van der Waals surface area contributed by atoms with Gasteiger partial charge in [-0.25, -0.2) is 0 Å². The Balaban J connectivity index is 2.41. The third-order valence-corrected chi connectivity index (χ3v) is 2.88. The molecule has 0 saturated carbocycles. The van der Waals surface area contributed by atoms with Crippen LogP contribution in [0.15, 0.2) is 9.90 Å². The highest BCUT2D eigenvalue weighted by Crippen LogP contribution is 2.21. The summed E-state index contributed by atoms with van der Waals surface area (Å²) < 4.78 is 5.60. The second-order valence-electron chi connectivity index (χ2n) is 4.21. The number of carboxylic acid groups (broad SMARTS) is 1. The molecule has 0 saturated heterocycles. The number of aryl methyl sites for hydroxylation is 1. The van der Waals surface area contributed by atoms with E-state index in [4.69, 9.17) is 5.11 Å². The van der Waals surface area contributed by atoms with Crippen LogP contribution < -0.4 is 5.56 Å². The van der Waals surface area contributed by atoms with Gasteiger partial charge in [0.15, 0.2) is 11.7 Å². The van der Waals surface area contributed by atoms with E-state index in [9.17, 15) is 14.4 Å². The first-order chi connectivity index (χ1) is 9.45. The Bertz CT molecular complexity index is 663. The number of aromatic nitrogens is 3. The normalized spacial score (nSPS) is 16.5. The van der Waals surface area contributed by atoms with Crippen LogP contribution in [0.5, 0.6) is 0 Å². The van der Waals surface area contributed by atoms with Crippen LogP contribution >= 0.6 is 0 Å². The number of aliphatic carboxylic acids is 1. The Kier molecular flexibility index (Phi) is 3.59. The highest BCUT2D eigenvalue weighted by Gasteiger charge is 2.35. The molecule has 2 heterocycles. The van der Waals surface area contributed by atoms with Gasteiger partial charge in [0.25, 0.3) is 5.56 Å². The Hall–Kier alpha value is -2.58. The Labute approximate surface area is 112 Å². The van der Waals surface area contributed by atoms with Crippen molar-refractivity contribution in [3.05, 3.63) is 21.9 Å². The summed E-state index contributed by atoms with van der Waals surface area (Å²) in [6.07, 6.45) is -0.273. The van der Waals surface area contributed by atoms with Crippen molar-refractivity contribution in [2.24, 2.45) is 5.10 Å². The maximum Gasteiger partial charge on any atom is 0.322 e. The van der Waals surface area contributed by atoms with Gasteiger partial charge in [-0.15, -0.1) is 10.2 Å². The molecule has 9 nitrogen and oxygen atoms in total. The summed E-state index contributed by atoms with van der Waals surface area (Å²) in [7, 11) is 1.23. The number of methoxy groups -OCH3 is 1. The summed E-state index contributed by atoms with van der Waals surface area (Å²) in [5, 5.41) is 20.1. The van der Waals surface area contributed by atoms with E-state index >= 15 is 0 Å². The van der Waals surface area contributed by atoms with Gasteiger partial charge in [0, 0.05) is 6.42 Å². The number of carboxylic acids is 1. The van der Waals surface area contributed by atoms with Crippen LogP contribution in [-0.2, 0) is 20.7 Å². The van der Waals surface area contributed by atoms with Crippen molar-refractivity contribution in [1.82, 2.24) is 14.9 Å². The fourth-order valence-electron chi connectivity index (χ4n) is 1.88. The molecule has 1 atom stereocenters. The number of hydrogen-bond donors (Lipinski definition) is 1. The molecule has 1 aliphatic rings. The van der Waals surface area contributed by atoms with Crippen LogP contribution in [0, 0.1) is 0 Å². The van der Waals surface area contributed by atoms with E-state index < -0.39 is 23.4 Å². The van der Waals surface area contributed by atoms with Crippen molar-refractivity contribution in [3.8, 4) is 0 Å². The van der Waals surface area contributed by atoms with E-state index in [0.29, 0.717) is 5.71 Å². The van der Waals surface area contributed by atoms with Crippen molar-refractivity contribution in [1.29, 1.82) is 0 Å². The van der Waals surface area contributed by atoms with Gasteiger partial charge in [-0.05, 0) is 6.92 Å². The van der Waals surface area contributed by atoms with E-state index in [1.165, 1.54) is 7.11 Å². The zero-order valence-electron chi connectivity index (χ0n) is 10.9. The molecule has 0 bridgehead atoms. The predicted molar refractivity (Wildman–Crippen MR) is 65.5 cm³/mol. The minimum atomic E-state index is -1.04. The third kappa shape index (κ3) is 2.29. The highest BCUT2D eigenvalue weighted by molar-refractivity contribution is 6.06. The van der Waals surface area contributed by atoms with Crippen molar-refractivity contribution in [2.75, 3.05) is 7.11 Å². The van der Waals surface area contributed by atoms with E-state index in [-0.39, 0.29) is 24.4 Å². The molecule has 1 aromatic rings. The predicted octanol–water partition coefficient (Wildman–Crippen LogP) is -0.850. The first-order valence-corrected chi connectivity index (χ1v) is 5.79. The van der Waals surface area contributed by atoms with Crippen molar-refractivity contribution < 1.29 is 19.4 Å². The molecule has 1 N–H and O–H groups in total. The number of ether oxygens (including phenoxy) is 1. The van der Waals surface area contributed by atoms with Crippen LogP contribution in [0.3, 0.4) is 0 Å². The largest absolute Gasteiger partial charge is 0.481 e. The molecule has 0 fully saturated rings. The van der Waals surface area contributed by atoms with E-state index in [1.54, 1.807) is 6.92 Å². The Morgan fingerprint density at radius 2 is 2.10 bits per heavy atom. The van der Waals surface area contributed by atoms with E-state index in [1.807, 2.05) is 0 Å². The smallest absolute Gasteiger partial charge is 0.322 e. The molecule has 106 valence electrons. The fraction of sp³-hybridized carbons (Fsp3) is 0.455. The maximum atomic E-state index is 12.1. The molecule has 0 amide bonds. The summed E-state index contributed by atoms with van der Waals surface area (Å²) in [4.78, 5) is 34.2. The lowest BCUT2D eigenvalue weighted by Gasteiger charge is -2.07. The topological polar surface area (TPSA) is 124 Å². The molecule has 0 aromatic carbocycles. The molecule has 0 aliphatic carbocycles. The molecule has 1 aliphatic heterocycles. The molecule has 1 aromatic heterocycles. The number of carbonyl (C=O) groups excluding carboxylic acids is 1. The van der Waals surface area contributed by atoms with Crippen LogP contribution in [0.25, 0.3) is 0 Å². The SMILES string of the molecule is COC(=O)[C@@H]1C(C)=Nn2c1nnc(CCC(=O)O)c2=O. The van der Waals surface area contributed by atoms with Crippen LogP contribution in [-0.4, -0.2) is 44.7 Å². The molecule has 2 rings (SSSR count). The third-order valence-electron chi connectivity index (χ3n) is 2.88. The average Bonchev–Trinajstić information content (AvgIpc) is 2.74. The van der Waals surface area contributed by atoms with Crippen molar-refractivity contribution in [2.45, 2.75) is 25.7 Å². The van der Waals surface area contributed by atoms with Gasteiger partial charge in [-0.3, -0.25) is 14.4 Å². The monoisotopic (exact) mass is 280 g/mol. The summed E-state index contributed by atoms with van der Waals surface area (Å²) in [5.74, 6) is -2.39. The summed E-state index contributed by atoms with van der Waals surface area (Å²) in [5.41, 5.74) is -0.196. The quantitative estimate of drug-likeness (QED) is 0.712. The molecular formula is C11H12N4O5. The molecule has 0 radical (unpaired) electrons. The molecule has 9 heteroatoms. The van der Waals surface area contributed by atoms with Crippen LogP contribution in [0.1, 0.15) is 30.8 Å². The maximum absolute atomic E-state index is 12.1. The van der Waals surface area contributed by atoms with Gasteiger partial charge in [0.1, 0.15) is 5.69 Å². The molecule has 0 unspecified atom stereocenters. The van der Waals surface area contributed by atoms with Crippen LogP contribution in [0.4, 0.5) is 0 Å². The number of rotatable bonds is 4. The standard InChI is InChI=1S/C11H12N4O5/c1-5-8(11(19)20-2)9-13-12-6(3-4-7(16)17)10(18)15(9)14-5/h8H,3-4H2,1-2H3,(H,16,17)/t8-/m1/s1. The fourth-order valence-corrected chi connectivity index (χ4v) is 1.88. The highest BCUT2D eigenvalue weighted by atomic mass is 16.5. The molecule has 0 spiro atoms. The van der Waals surface area contributed by atoms with E-state index in [0.717, 1.165) is 4.68 Å². The lowest BCUT2D eigenvalue weighted by Crippen LogP contribution is -2.28. The number of esters is 1. The summed E-state index contributed by atoms with van der Waals surface area (Å²) >= 11 is 0. The second-order valence-corrected chi connectivity index (χ2v) is 4.21. The van der Waals surface area contributed by atoms with Crippen LogP contribution in [0.2, 0.25) is 0 Å². The number of nitrogens with zero attached hydrogens (tertiary/aromatic N) is 4. The van der Waals surface area contributed by atoms with Gasteiger partial charge >= 0.3 is 11.9 Å². The minimum absolute atomic E-state index is 0.00165. The Morgan fingerprint density at radius 3 is 2.70 bits per heavy atom. The zero-order valence-corrected chi connectivity index (χ0v) is 10.9. The van der Waals surface area contributed by atoms with Gasteiger partial charge in [-0.1, -0.05) is 0 Å². The van der Waals surface area contributed by atoms with Gasteiger partial charge in [0.2, 0.25) is 0 Å². The van der Waals surface area contributed by atoms with Gasteiger partial charge in [-0.2, -0.15) is 9.78 Å². The number of fused-ring (bicyclic) bond motifs is 1.